The Morgan fingerprint density at radius 2 is 1.59 bits per heavy atom. The SMILES string of the molecule is COc1ccc([C@H]2CC(c3ccccc3)=NN2C(=O)COc2ccccc2)cc1. The second-order valence-corrected chi connectivity index (χ2v) is 6.75. The molecule has 5 heteroatoms. The number of amides is 1. The first-order valence-electron chi connectivity index (χ1n) is 9.51. The number of nitrogens with zero attached hydrogens (tertiary/aromatic N) is 2. The Kier molecular flexibility index (Phi) is 5.56. The van der Waals surface area contributed by atoms with Crippen molar-refractivity contribution in [2.75, 3.05) is 13.7 Å². The Hall–Kier alpha value is -3.60. The van der Waals surface area contributed by atoms with Crippen molar-refractivity contribution in [1.82, 2.24) is 5.01 Å². The van der Waals surface area contributed by atoms with Crippen LogP contribution in [0, 0.1) is 0 Å². The quantitative estimate of drug-likeness (QED) is 0.629. The highest BCUT2D eigenvalue weighted by Gasteiger charge is 2.33. The zero-order valence-corrected chi connectivity index (χ0v) is 16.2. The Morgan fingerprint density at radius 3 is 2.24 bits per heavy atom. The minimum atomic E-state index is -0.180. The molecule has 0 spiro atoms. The van der Waals surface area contributed by atoms with Crippen LogP contribution in [0.4, 0.5) is 0 Å². The minimum Gasteiger partial charge on any atom is -0.497 e. The summed E-state index contributed by atoms with van der Waals surface area (Å²) in [5.74, 6) is 1.26. The first-order valence-corrected chi connectivity index (χ1v) is 9.51. The first kappa shape index (κ1) is 18.7. The maximum Gasteiger partial charge on any atom is 0.281 e. The van der Waals surface area contributed by atoms with Gasteiger partial charge in [-0.15, -0.1) is 0 Å². The van der Waals surface area contributed by atoms with E-state index < -0.39 is 0 Å². The molecule has 1 amide bonds. The zero-order valence-electron chi connectivity index (χ0n) is 16.2. The van der Waals surface area contributed by atoms with E-state index in [-0.39, 0.29) is 18.6 Å². The normalized spacial score (nSPS) is 15.7. The molecular formula is C24H22N2O3. The van der Waals surface area contributed by atoms with Crippen molar-refractivity contribution in [1.29, 1.82) is 0 Å². The number of carbonyl (C=O) groups is 1. The molecule has 0 saturated heterocycles. The molecule has 3 aromatic carbocycles. The van der Waals surface area contributed by atoms with Crippen molar-refractivity contribution < 1.29 is 14.3 Å². The number of rotatable bonds is 6. The van der Waals surface area contributed by atoms with Crippen LogP contribution in [0.1, 0.15) is 23.6 Å². The summed E-state index contributed by atoms with van der Waals surface area (Å²) in [4.78, 5) is 13.0. The van der Waals surface area contributed by atoms with Gasteiger partial charge in [0.1, 0.15) is 11.5 Å². The smallest absolute Gasteiger partial charge is 0.281 e. The van der Waals surface area contributed by atoms with Crippen LogP contribution in [0.2, 0.25) is 0 Å². The van der Waals surface area contributed by atoms with Gasteiger partial charge in [-0.3, -0.25) is 4.79 Å². The van der Waals surface area contributed by atoms with Gasteiger partial charge in [0.2, 0.25) is 0 Å². The number of carbonyl (C=O) groups excluding carboxylic acids is 1. The molecule has 1 heterocycles. The molecule has 1 atom stereocenters. The number of hydrogen-bond donors (Lipinski definition) is 0. The van der Waals surface area contributed by atoms with Crippen LogP contribution in [0.15, 0.2) is 90.0 Å². The number of methoxy groups -OCH3 is 1. The summed E-state index contributed by atoms with van der Waals surface area (Å²) < 4.78 is 10.9. The lowest BCUT2D eigenvalue weighted by Gasteiger charge is -2.22. The molecule has 0 fully saturated rings. The Labute approximate surface area is 170 Å². The third-order valence-electron chi connectivity index (χ3n) is 4.88. The second-order valence-electron chi connectivity index (χ2n) is 6.75. The fraction of sp³-hybridized carbons (Fsp3) is 0.167. The van der Waals surface area contributed by atoms with E-state index in [1.807, 2.05) is 84.9 Å². The van der Waals surface area contributed by atoms with Crippen molar-refractivity contribution in [3.05, 3.63) is 96.1 Å². The molecule has 0 saturated carbocycles. The van der Waals surface area contributed by atoms with Crippen LogP contribution in [-0.2, 0) is 4.79 Å². The van der Waals surface area contributed by atoms with Crippen molar-refractivity contribution >= 4 is 11.6 Å². The van der Waals surface area contributed by atoms with E-state index in [1.165, 1.54) is 0 Å². The Bertz CT molecular complexity index is 986. The molecule has 146 valence electrons. The molecule has 3 aromatic rings. The van der Waals surface area contributed by atoms with E-state index >= 15 is 0 Å². The van der Waals surface area contributed by atoms with Crippen LogP contribution in [-0.4, -0.2) is 30.3 Å². The van der Waals surface area contributed by atoms with Crippen molar-refractivity contribution in [2.24, 2.45) is 5.10 Å². The van der Waals surface area contributed by atoms with Gasteiger partial charge in [0.05, 0.1) is 18.9 Å². The summed E-state index contributed by atoms with van der Waals surface area (Å²) in [6.07, 6.45) is 0.646. The van der Waals surface area contributed by atoms with E-state index in [4.69, 9.17) is 9.47 Å². The van der Waals surface area contributed by atoms with E-state index in [0.717, 1.165) is 22.6 Å². The predicted octanol–water partition coefficient (Wildman–Crippen LogP) is 4.45. The average molecular weight is 386 g/mol. The van der Waals surface area contributed by atoms with Crippen LogP contribution < -0.4 is 9.47 Å². The molecule has 0 aliphatic carbocycles. The molecule has 5 nitrogen and oxygen atoms in total. The van der Waals surface area contributed by atoms with Gasteiger partial charge in [0, 0.05) is 6.42 Å². The predicted molar refractivity (Wildman–Crippen MR) is 112 cm³/mol. The molecule has 0 unspecified atom stereocenters. The topological polar surface area (TPSA) is 51.1 Å². The number of hydrogen-bond acceptors (Lipinski definition) is 4. The van der Waals surface area contributed by atoms with Crippen molar-refractivity contribution in [3.8, 4) is 11.5 Å². The number of ether oxygens (including phenoxy) is 2. The largest absolute Gasteiger partial charge is 0.497 e. The summed E-state index contributed by atoms with van der Waals surface area (Å²) in [5, 5.41) is 6.21. The minimum absolute atomic E-state index is 0.0672. The summed E-state index contributed by atoms with van der Waals surface area (Å²) in [6.45, 7) is -0.0672. The molecule has 0 bridgehead atoms. The fourth-order valence-corrected chi connectivity index (χ4v) is 3.36. The lowest BCUT2D eigenvalue weighted by atomic mass is 9.98. The first-order chi connectivity index (χ1) is 14.2. The fourth-order valence-electron chi connectivity index (χ4n) is 3.36. The monoisotopic (exact) mass is 386 g/mol. The highest BCUT2D eigenvalue weighted by atomic mass is 16.5. The van der Waals surface area contributed by atoms with E-state index in [1.54, 1.807) is 12.1 Å². The highest BCUT2D eigenvalue weighted by Crippen LogP contribution is 2.33. The lowest BCUT2D eigenvalue weighted by molar-refractivity contribution is -0.135. The number of hydrazone groups is 1. The molecule has 1 aliphatic heterocycles. The molecule has 29 heavy (non-hydrogen) atoms. The average Bonchev–Trinajstić information content (AvgIpc) is 3.24. The Morgan fingerprint density at radius 1 is 0.931 bits per heavy atom. The van der Waals surface area contributed by atoms with Crippen LogP contribution in [0.3, 0.4) is 0 Å². The molecular weight excluding hydrogens is 364 g/mol. The van der Waals surface area contributed by atoms with Crippen LogP contribution in [0.25, 0.3) is 0 Å². The molecule has 1 aliphatic rings. The third-order valence-corrected chi connectivity index (χ3v) is 4.88. The van der Waals surface area contributed by atoms with Gasteiger partial charge in [-0.05, 0) is 35.4 Å². The lowest BCUT2D eigenvalue weighted by Crippen LogP contribution is -2.31. The van der Waals surface area contributed by atoms with Crippen molar-refractivity contribution in [2.45, 2.75) is 12.5 Å². The summed E-state index contributed by atoms with van der Waals surface area (Å²) in [6, 6.07) is 26.8. The summed E-state index contributed by atoms with van der Waals surface area (Å²) in [7, 11) is 1.64. The van der Waals surface area contributed by atoms with Gasteiger partial charge >= 0.3 is 0 Å². The van der Waals surface area contributed by atoms with Crippen LogP contribution >= 0.6 is 0 Å². The van der Waals surface area contributed by atoms with Crippen molar-refractivity contribution in [3.63, 3.8) is 0 Å². The maximum absolute atomic E-state index is 13.0. The second kappa shape index (κ2) is 8.61. The highest BCUT2D eigenvalue weighted by molar-refractivity contribution is 6.03. The van der Waals surface area contributed by atoms with Crippen LogP contribution in [0.5, 0.6) is 11.5 Å². The summed E-state index contributed by atoms with van der Waals surface area (Å²) in [5.41, 5.74) is 2.92. The molecule has 0 aromatic heterocycles. The summed E-state index contributed by atoms with van der Waals surface area (Å²) >= 11 is 0. The van der Waals surface area contributed by atoms with E-state index in [9.17, 15) is 4.79 Å². The van der Waals surface area contributed by atoms with E-state index in [0.29, 0.717) is 12.2 Å². The molecule has 4 rings (SSSR count). The Balaban J connectivity index is 1.57. The van der Waals surface area contributed by atoms with Gasteiger partial charge in [0.25, 0.3) is 5.91 Å². The number of benzene rings is 3. The van der Waals surface area contributed by atoms with Gasteiger partial charge in [0.15, 0.2) is 6.61 Å². The zero-order chi connectivity index (χ0) is 20.1. The van der Waals surface area contributed by atoms with Gasteiger partial charge in [-0.25, -0.2) is 5.01 Å². The molecule has 0 radical (unpaired) electrons. The third kappa shape index (κ3) is 4.29. The molecule has 0 N–H and O–H groups in total. The van der Waals surface area contributed by atoms with E-state index in [2.05, 4.69) is 5.10 Å². The van der Waals surface area contributed by atoms with Gasteiger partial charge < -0.3 is 9.47 Å². The maximum atomic E-state index is 13.0. The van der Waals surface area contributed by atoms with Gasteiger partial charge in [-0.1, -0.05) is 60.7 Å². The number of para-hydroxylation sites is 1. The van der Waals surface area contributed by atoms with Gasteiger partial charge in [-0.2, -0.15) is 5.10 Å². The standard InChI is InChI=1S/C24H22N2O3/c1-28-20-14-12-19(13-15-20)23-16-22(18-8-4-2-5-9-18)25-26(23)24(27)17-29-21-10-6-3-7-11-21/h2-15,23H,16-17H2,1H3/t23-/m1/s1.